The second kappa shape index (κ2) is 10.9. The van der Waals surface area contributed by atoms with Crippen LogP contribution in [0.5, 0.6) is 0 Å². The van der Waals surface area contributed by atoms with E-state index >= 15 is 0 Å². The third-order valence-corrected chi connectivity index (χ3v) is 5.82. The topological polar surface area (TPSA) is 42.9 Å². The summed E-state index contributed by atoms with van der Waals surface area (Å²) in [5, 5.41) is 6.98. The van der Waals surface area contributed by atoms with Crippen molar-refractivity contribution in [2.24, 2.45) is 10.9 Å². The summed E-state index contributed by atoms with van der Waals surface area (Å²) in [6.07, 6.45) is 8.45. The average Bonchev–Trinajstić information content (AvgIpc) is 3.14. The lowest BCUT2D eigenvalue weighted by atomic mass is 10.0. The molecule has 1 unspecified atom stereocenters. The molecular formula is C19H39N5. The van der Waals surface area contributed by atoms with Crippen LogP contribution < -0.4 is 10.6 Å². The molecule has 1 saturated carbocycles. The number of nitrogens with zero attached hydrogens (tertiary/aromatic N) is 3. The molecule has 2 fully saturated rings. The van der Waals surface area contributed by atoms with Crippen molar-refractivity contribution < 1.29 is 0 Å². The first-order valence-corrected chi connectivity index (χ1v) is 10.1. The molecule has 0 spiro atoms. The normalized spacial score (nSPS) is 22.7. The fourth-order valence-corrected chi connectivity index (χ4v) is 4.01. The minimum absolute atomic E-state index is 0.557. The van der Waals surface area contributed by atoms with Crippen LogP contribution in [-0.4, -0.2) is 74.7 Å². The second-order valence-electron chi connectivity index (χ2n) is 7.49. The average molecular weight is 338 g/mol. The van der Waals surface area contributed by atoms with Crippen molar-refractivity contribution in [2.45, 2.75) is 58.4 Å². The van der Waals surface area contributed by atoms with Crippen LogP contribution in [0, 0.1) is 5.92 Å². The molecule has 0 aromatic heterocycles. The lowest BCUT2D eigenvalue weighted by Crippen LogP contribution is -2.53. The Morgan fingerprint density at radius 1 is 1.12 bits per heavy atom. The van der Waals surface area contributed by atoms with Crippen LogP contribution in [0.1, 0.15) is 52.4 Å². The molecule has 1 heterocycles. The third kappa shape index (κ3) is 6.60. The first-order chi connectivity index (χ1) is 11.7. The number of piperazine rings is 1. The zero-order chi connectivity index (χ0) is 17.2. The SMILES string of the molecule is CCN1CCN(C(C)CNC(=NC)NCCCC2CCCC2)CC1. The van der Waals surface area contributed by atoms with E-state index in [4.69, 9.17) is 0 Å². The number of aliphatic imine (C=N–C) groups is 1. The summed E-state index contributed by atoms with van der Waals surface area (Å²) in [6.45, 7) is 12.5. The van der Waals surface area contributed by atoms with Crippen LogP contribution in [0.2, 0.25) is 0 Å². The Morgan fingerprint density at radius 2 is 1.83 bits per heavy atom. The largest absolute Gasteiger partial charge is 0.356 e. The van der Waals surface area contributed by atoms with E-state index in [-0.39, 0.29) is 0 Å². The Balaban J connectivity index is 1.56. The van der Waals surface area contributed by atoms with Crippen molar-refractivity contribution >= 4 is 5.96 Å². The fraction of sp³-hybridized carbons (Fsp3) is 0.947. The summed E-state index contributed by atoms with van der Waals surface area (Å²) in [5.74, 6) is 1.95. The molecular weight excluding hydrogens is 298 g/mol. The first-order valence-electron chi connectivity index (χ1n) is 10.1. The smallest absolute Gasteiger partial charge is 0.191 e. The molecule has 0 radical (unpaired) electrons. The van der Waals surface area contributed by atoms with Gasteiger partial charge in [0.25, 0.3) is 0 Å². The van der Waals surface area contributed by atoms with Gasteiger partial charge in [-0.05, 0) is 32.2 Å². The number of rotatable bonds is 8. The Hall–Kier alpha value is -0.810. The number of likely N-dealkylation sites (N-methyl/N-ethyl adjacent to an activating group) is 1. The molecule has 1 saturated heterocycles. The lowest BCUT2D eigenvalue weighted by Gasteiger charge is -2.37. The van der Waals surface area contributed by atoms with E-state index in [0.29, 0.717) is 6.04 Å². The van der Waals surface area contributed by atoms with Gasteiger partial charge in [0.1, 0.15) is 0 Å². The maximum Gasteiger partial charge on any atom is 0.191 e. The number of guanidine groups is 1. The highest BCUT2D eigenvalue weighted by atomic mass is 15.3. The van der Waals surface area contributed by atoms with E-state index in [9.17, 15) is 0 Å². The van der Waals surface area contributed by atoms with Crippen molar-refractivity contribution in [3.8, 4) is 0 Å². The zero-order valence-corrected chi connectivity index (χ0v) is 16.2. The van der Waals surface area contributed by atoms with Crippen LogP contribution in [0.3, 0.4) is 0 Å². The third-order valence-electron chi connectivity index (χ3n) is 5.82. The molecule has 2 aliphatic rings. The minimum Gasteiger partial charge on any atom is -0.356 e. The van der Waals surface area contributed by atoms with Crippen molar-refractivity contribution in [3.63, 3.8) is 0 Å². The number of nitrogens with one attached hydrogen (secondary N) is 2. The predicted octanol–water partition coefficient (Wildman–Crippen LogP) is 2.15. The molecule has 5 heteroatoms. The highest BCUT2D eigenvalue weighted by molar-refractivity contribution is 5.79. The van der Waals surface area contributed by atoms with Gasteiger partial charge in [0.05, 0.1) is 0 Å². The molecule has 140 valence electrons. The lowest BCUT2D eigenvalue weighted by molar-refractivity contribution is 0.107. The van der Waals surface area contributed by atoms with Gasteiger partial charge in [0, 0.05) is 52.4 Å². The first kappa shape index (κ1) is 19.5. The van der Waals surface area contributed by atoms with Gasteiger partial charge in [0.15, 0.2) is 5.96 Å². The molecule has 0 aromatic rings. The summed E-state index contributed by atoms with van der Waals surface area (Å²) < 4.78 is 0. The van der Waals surface area contributed by atoms with Crippen LogP contribution in [0.25, 0.3) is 0 Å². The summed E-state index contributed by atoms with van der Waals surface area (Å²) in [7, 11) is 1.87. The van der Waals surface area contributed by atoms with Crippen LogP contribution in [0.4, 0.5) is 0 Å². The molecule has 2 N–H and O–H groups in total. The second-order valence-corrected chi connectivity index (χ2v) is 7.49. The quantitative estimate of drug-likeness (QED) is 0.405. The number of hydrogen-bond acceptors (Lipinski definition) is 3. The van der Waals surface area contributed by atoms with Crippen molar-refractivity contribution in [3.05, 3.63) is 0 Å². The van der Waals surface area contributed by atoms with Crippen molar-refractivity contribution in [1.29, 1.82) is 0 Å². The molecule has 5 nitrogen and oxygen atoms in total. The van der Waals surface area contributed by atoms with Gasteiger partial charge in [-0.2, -0.15) is 0 Å². The monoisotopic (exact) mass is 337 g/mol. The van der Waals surface area contributed by atoms with Crippen LogP contribution in [-0.2, 0) is 0 Å². The van der Waals surface area contributed by atoms with E-state index in [1.54, 1.807) is 0 Å². The van der Waals surface area contributed by atoms with Gasteiger partial charge < -0.3 is 15.5 Å². The molecule has 1 aliphatic heterocycles. The van der Waals surface area contributed by atoms with Crippen LogP contribution in [0.15, 0.2) is 4.99 Å². The molecule has 1 aliphatic carbocycles. The molecule has 2 rings (SSSR count). The van der Waals surface area contributed by atoms with Crippen molar-refractivity contribution in [2.75, 3.05) is 52.9 Å². The molecule has 0 aromatic carbocycles. The van der Waals surface area contributed by atoms with Crippen LogP contribution >= 0.6 is 0 Å². The van der Waals surface area contributed by atoms with E-state index in [2.05, 4.69) is 39.3 Å². The van der Waals surface area contributed by atoms with Gasteiger partial charge in [-0.15, -0.1) is 0 Å². The summed E-state index contributed by atoms with van der Waals surface area (Å²) in [6, 6.07) is 0.557. The summed E-state index contributed by atoms with van der Waals surface area (Å²) in [4.78, 5) is 9.49. The summed E-state index contributed by atoms with van der Waals surface area (Å²) >= 11 is 0. The van der Waals surface area contributed by atoms with Gasteiger partial charge in [0.2, 0.25) is 0 Å². The Kier molecular flexibility index (Phi) is 8.89. The Morgan fingerprint density at radius 3 is 2.46 bits per heavy atom. The maximum atomic E-state index is 4.37. The number of hydrogen-bond donors (Lipinski definition) is 2. The fourth-order valence-electron chi connectivity index (χ4n) is 4.01. The molecule has 24 heavy (non-hydrogen) atoms. The Bertz CT molecular complexity index is 357. The molecule has 1 atom stereocenters. The predicted molar refractivity (Wildman–Crippen MR) is 104 cm³/mol. The highest BCUT2D eigenvalue weighted by Gasteiger charge is 2.20. The van der Waals surface area contributed by atoms with E-state index in [1.165, 1.54) is 71.2 Å². The maximum absolute atomic E-state index is 4.37. The minimum atomic E-state index is 0.557. The van der Waals surface area contributed by atoms with Gasteiger partial charge in [-0.1, -0.05) is 32.6 Å². The van der Waals surface area contributed by atoms with E-state index < -0.39 is 0 Å². The van der Waals surface area contributed by atoms with Crippen molar-refractivity contribution in [1.82, 2.24) is 20.4 Å². The van der Waals surface area contributed by atoms with E-state index in [0.717, 1.165) is 25.0 Å². The van der Waals surface area contributed by atoms with Gasteiger partial charge in [-0.25, -0.2) is 0 Å². The summed E-state index contributed by atoms with van der Waals surface area (Å²) in [5.41, 5.74) is 0. The zero-order valence-electron chi connectivity index (χ0n) is 16.2. The molecule has 0 bridgehead atoms. The molecule has 0 amide bonds. The highest BCUT2D eigenvalue weighted by Crippen LogP contribution is 2.28. The van der Waals surface area contributed by atoms with Gasteiger partial charge in [-0.3, -0.25) is 9.89 Å². The standard InChI is InChI=1S/C19H39N5/c1-4-23-12-14-24(15-13-23)17(2)16-22-19(20-3)21-11-7-10-18-8-5-6-9-18/h17-18H,4-16H2,1-3H3,(H2,20,21,22). The van der Waals surface area contributed by atoms with E-state index in [1.807, 2.05) is 7.05 Å². The Labute approximate surface area is 149 Å². The van der Waals surface area contributed by atoms with Gasteiger partial charge >= 0.3 is 0 Å².